The molecule has 0 amide bonds. The van der Waals surface area contributed by atoms with E-state index in [2.05, 4.69) is 62.0 Å². The summed E-state index contributed by atoms with van der Waals surface area (Å²) in [5, 5.41) is 24.2. The number of fused-ring (bicyclic) bond motifs is 6. The number of aliphatic hydroxyl groups is 1. The van der Waals surface area contributed by atoms with E-state index in [4.69, 9.17) is 24.2 Å². The Morgan fingerprint density at radius 1 is 0.495 bits per heavy atom. The molecule has 0 aliphatic carbocycles. The first-order valence-electron chi connectivity index (χ1n) is 30.0. The van der Waals surface area contributed by atoms with Crippen LogP contribution in [0.25, 0.3) is 50.5 Å². The molecule has 3 aromatic carbocycles. The Hall–Kier alpha value is -10.5. The molecule has 1 atom stereocenters. The maximum Gasteiger partial charge on any atom is 0.208 e. The van der Waals surface area contributed by atoms with Gasteiger partial charge in [0.15, 0.2) is 5.65 Å². The van der Waals surface area contributed by atoms with Gasteiger partial charge in [-0.3, -0.25) is 32.8 Å². The van der Waals surface area contributed by atoms with E-state index in [1.807, 2.05) is 91.0 Å². The fraction of sp³-hybridized carbons (Fsp3) is 0.284. The molecule has 464 valence electrons. The van der Waals surface area contributed by atoms with E-state index in [1.54, 1.807) is 62.3 Å². The molecule has 0 bridgehead atoms. The van der Waals surface area contributed by atoms with Crippen LogP contribution in [0.4, 0.5) is 31.0 Å². The summed E-state index contributed by atoms with van der Waals surface area (Å²) in [6.45, 7) is 18.5. The zero-order chi connectivity index (χ0) is 63.2. The Bertz CT molecular complexity index is 4750. The standard InChI is InChI=1S/C24H27FN6O2.C23H22FN5O.C20H17FN6O/c1-13-11-30-23(28-13)19(22-15(3)29-31(16(22)4)12-14(2)32)10-27-24(30)26-9-18-17-7-8-33-21(17)6-5-20(18)25;1-13-4-5-16(15(3)27-13)19-11-26-23(29-12-14(2)28-22(19)29)25-10-18-17-8-9-30-21(17)7-6-20(18)24;1-12-11-27-19(26-12)15(17-10-22-5-6-23-17)9-25-20(27)24-8-14-13-4-7-28-18(13)3-2-16(14)21/h5-6,10-11,14,32H,7-9,12H2,1-4H3,(H,26,27);4-7,11-12H,8-10H2,1-3H3,(H,25,26);2-3,5-6,9-11H,4,7-8H2,1H3,(H,24,25)/t14-;;/m1../s1. The number of halogens is 3. The highest BCUT2D eigenvalue weighted by Gasteiger charge is 2.26. The Morgan fingerprint density at radius 2 is 0.945 bits per heavy atom. The van der Waals surface area contributed by atoms with E-state index in [9.17, 15) is 18.3 Å². The summed E-state index contributed by atoms with van der Waals surface area (Å²) in [6, 6.07) is 13.5. The summed E-state index contributed by atoms with van der Waals surface area (Å²) in [5.74, 6) is 3.32. The fourth-order valence-electron chi connectivity index (χ4n) is 12.2. The second-order valence-electron chi connectivity index (χ2n) is 22.8. The van der Waals surface area contributed by atoms with Gasteiger partial charge < -0.3 is 35.3 Å². The summed E-state index contributed by atoms with van der Waals surface area (Å²) in [4.78, 5) is 40.9. The van der Waals surface area contributed by atoms with Gasteiger partial charge in [0.1, 0.15) is 46.0 Å². The number of aromatic nitrogens is 14. The van der Waals surface area contributed by atoms with Crippen molar-refractivity contribution in [3.05, 3.63) is 195 Å². The first-order chi connectivity index (χ1) is 44.0. The van der Waals surface area contributed by atoms with Crippen molar-refractivity contribution in [2.75, 3.05) is 35.8 Å². The molecule has 21 nitrogen and oxygen atoms in total. The molecule has 0 radical (unpaired) electrons. The molecule has 91 heavy (non-hydrogen) atoms. The van der Waals surface area contributed by atoms with Crippen LogP contribution in [-0.2, 0) is 45.4 Å². The van der Waals surface area contributed by atoms with Gasteiger partial charge in [-0.05, 0) is 97.9 Å². The van der Waals surface area contributed by atoms with Crippen molar-refractivity contribution in [2.24, 2.45) is 0 Å². The maximum absolute atomic E-state index is 14.6. The van der Waals surface area contributed by atoms with E-state index in [0.29, 0.717) is 99.1 Å². The predicted molar refractivity (Wildman–Crippen MR) is 338 cm³/mol. The topological polar surface area (TPSA) is 231 Å². The van der Waals surface area contributed by atoms with Crippen LogP contribution in [0.5, 0.6) is 17.2 Å². The number of benzene rings is 3. The van der Waals surface area contributed by atoms with Crippen molar-refractivity contribution < 1.29 is 32.5 Å². The van der Waals surface area contributed by atoms with E-state index < -0.39 is 6.10 Å². The first-order valence-corrected chi connectivity index (χ1v) is 30.0. The Morgan fingerprint density at radius 3 is 1.40 bits per heavy atom. The largest absolute Gasteiger partial charge is 0.493 e. The fourth-order valence-corrected chi connectivity index (χ4v) is 12.2. The third-order valence-electron chi connectivity index (χ3n) is 16.4. The van der Waals surface area contributed by atoms with E-state index in [0.717, 1.165) is 125 Å². The monoisotopic (exact) mass is 1230 g/mol. The predicted octanol–water partition coefficient (Wildman–Crippen LogP) is 11.2. The number of anilines is 3. The number of ether oxygens (including phenoxy) is 3. The van der Waals surface area contributed by atoms with E-state index in [1.165, 1.54) is 18.2 Å². The number of pyridine rings is 1. The minimum Gasteiger partial charge on any atom is -0.493 e. The summed E-state index contributed by atoms with van der Waals surface area (Å²) in [5.41, 5.74) is 18.3. The van der Waals surface area contributed by atoms with Crippen LogP contribution in [0.2, 0.25) is 0 Å². The van der Waals surface area contributed by atoms with Crippen LogP contribution in [0.3, 0.4) is 0 Å². The molecule has 12 aromatic rings. The van der Waals surface area contributed by atoms with Gasteiger partial charge in [-0.25, -0.2) is 43.1 Å². The van der Waals surface area contributed by atoms with Gasteiger partial charge in [-0.2, -0.15) is 5.10 Å². The smallest absolute Gasteiger partial charge is 0.208 e. The zero-order valence-electron chi connectivity index (χ0n) is 51.5. The van der Waals surface area contributed by atoms with Crippen molar-refractivity contribution in [1.82, 2.24) is 67.8 Å². The van der Waals surface area contributed by atoms with Crippen LogP contribution in [-0.4, -0.2) is 98.9 Å². The van der Waals surface area contributed by atoms with Gasteiger partial charge in [-0.15, -0.1) is 0 Å². The lowest BCUT2D eigenvalue weighted by atomic mass is 10.0. The zero-order valence-corrected chi connectivity index (χ0v) is 51.5. The molecule has 3 aliphatic heterocycles. The number of aryl methyl sites for hydroxylation is 6. The van der Waals surface area contributed by atoms with Gasteiger partial charge in [0, 0.05) is 161 Å². The normalized spacial score (nSPS) is 13.2. The molecule has 0 fully saturated rings. The lowest BCUT2D eigenvalue weighted by Gasteiger charge is -2.13. The van der Waals surface area contributed by atoms with Crippen molar-refractivity contribution in [3.63, 3.8) is 0 Å². The molecule has 0 saturated heterocycles. The van der Waals surface area contributed by atoms with Crippen LogP contribution >= 0.6 is 0 Å². The Kier molecular flexibility index (Phi) is 16.2. The number of hydrogen-bond acceptors (Lipinski definition) is 17. The van der Waals surface area contributed by atoms with E-state index >= 15 is 0 Å². The highest BCUT2D eigenvalue weighted by Crippen LogP contribution is 2.36. The van der Waals surface area contributed by atoms with Crippen LogP contribution in [0, 0.1) is 65.9 Å². The van der Waals surface area contributed by atoms with Crippen molar-refractivity contribution >= 4 is 34.8 Å². The van der Waals surface area contributed by atoms with Gasteiger partial charge >= 0.3 is 0 Å². The van der Waals surface area contributed by atoms with Crippen molar-refractivity contribution in [1.29, 1.82) is 0 Å². The van der Waals surface area contributed by atoms with Crippen molar-refractivity contribution in [3.8, 4) is 50.8 Å². The minimum absolute atomic E-state index is 0.234. The second kappa shape index (κ2) is 24.8. The molecule has 0 saturated carbocycles. The molecule has 0 unspecified atom stereocenters. The number of nitrogens with one attached hydrogen (secondary N) is 3. The number of hydrogen-bond donors (Lipinski definition) is 4. The first kappa shape index (κ1) is 59.5. The maximum atomic E-state index is 14.6. The van der Waals surface area contributed by atoms with Gasteiger partial charge in [0.25, 0.3) is 0 Å². The van der Waals surface area contributed by atoms with Gasteiger partial charge in [0.05, 0.1) is 72.7 Å². The third-order valence-corrected chi connectivity index (χ3v) is 16.4. The average molecular weight is 1230 g/mol. The molecular formula is C67H66F3N17O4. The number of nitrogens with zero attached hydrogens (tertiary/aromatic N) is 14. The molecule has 3 aliphatic rings. The van der Waals surface area contributed by atoms with Crippen LogP contribution in [0.15, 0.2) is 104 Å². The Labute approximate surface area is 521 Å². The lowest BCUT2D eigenvalue weighted by molar-refractivity contribution is 0.167. The van der Waals surface area contributed by atoms with Crippen LogP contribution in [0.1, 0.15) is 80.2 Å². The number of rotatable bonds is 14. The molecule has 0 spiro atoms. The lowest BCUT2D eigenvalue weighted by Crippen LogP contribution is -2.14. The van der Waals surface area contributed by atoms with Gasteiger partial charge in [-0.1, -0.05) is 6.07 Å². The van der Waals surface area contributed by atoms with Crippen molar-refractivity contribution in [2.45, 2.75) is 107 Å². The SMILES string of the molecule is Cc1ccc(-c2cnc(NCc3c(F)ccc4c3CCO4)n3cc(C)nc23)c(C)n1.Cc1cn2c(NCc3c(F)ccc4c3CCO4)ncc(-c3c(C)nn(C[C@@H](C)O)c3C)c2n1.Cc1cn2c(NCc3c(F)ccc4c3CCO4)ncc(-c3cnccn3)c2n1. The summed E-state index contributed by atoms with van der Waals surface area (Å²) in [6.07, 6.45) is 17.6. The second-order valence-corrected chi connectivity index (χ2v) is 22.8. The highest BCUT2D eigenvalue weighted by molar-refractivity contribution is 5.82. The molecule has 12 heterocycles. The summed E-state index contributed by atoms with van der Waals surface area (Å²) in [7, 11) is 0. The summed E-state index contributed by atoms with van der Waals surface area (Å²) >= 11 is 0. The van der Waals surface area contributed by atoms with E-state index in [-0.39, 0.29) is 17.5 Å². The molecule has 24 heteroatoms. The minimum atomic E-state index is -0.500. The average Bonchev–Trinajstić information content (AvgIpc) is 1.71. The quantitative estimate of drug-likeness (QED) is 0.0793. The molecule has 9 aromatic heterocycles. The molecule has 15 rings (SSSR count). The summed E-state index contributed by atoms with van der Waals surface area (Å²) < 4.78 is 67.6. The molecule has 4 N–H and O–H groups in total. The highest BCUT2D eigenvalue weighted by atomic mass is 19.1. The van der Waals surface area contributed by atoms with Crippen LogP contribution < -0.4 is 30.2 Å². The number of aliphatic hydroxyl groups excluding tert-OH is 1. The number of imidazole rings is 3. The molecular weight excluding hydrogens is 1160 g/mol. The third kappa shape index (κ3) is 11.8. The Balaban J connectivity index is 0.000000125. The van der Waals surface area contributed by atoms with Gasteiger partial charge in [0.2, 0.25) is 17.8 Å².